The van der Waals surface area contributed by atoms with Crippen LogP contribution in [0.1, 0.15) is 30.8 Å². The van der Waals surface area contributed by atoms with E-state index in [4.69, 9.17) is 0 Å². The maximum Gasteiger partial charge on any atom is 0.272 e. The fourth-order valence-corrected chi connectivity index (χ4v) is 2.23. The Hall–Kier alpha value is -2.05. The monoisotopic (exact) mass is 297 g/mol. The molecule has 1 aliphatic rings. The first-order valence-corrected chi connectivity index (χ1v) is 6.70. The predicted molar refractivity (Wildman–Crippen MR) is 73.2 cm³/mol. The van der Waals surface area contributed by atoms with E-state index >= 15 is 0 Å². The van der Waals surface area contributed by atoms with E-state index in [2.05, 4.69) is 10.3 Å². The predicted octanol–water partition coefficient (Wildman–Crippen LogP) is 2.16. The van der Waals surface area contributed by atoms with E-state index in [1.807, 2.05) is 0 Å². The lowest BCUT2D eigenvalue weighted by Gasteiger charge is -2.36. The molecule has 0 bridgehead atoms. The summed E-state index contributed by atoms with van der Waals surface area (Å²) in [6.45, 7) is 2.84. The molecule has 0 aliphatic carbocycles. The minimum absolute atomic E-state index is 0.0148. The highest BCUT2D eigenvalue weighted by Gasteiger charge is 2.42. The molecule has 2 rings (SSSR count). The molecular formula is C14H17F2N3O2. The number of hydrogen-bond acceptors (Lipinski definition) is 3. The van der Waals surface area contributed by atoms with E-state index in [0.717, 1.165) is 0 Å². The molecule has 7 heteroatoms. The summed E-state index contributed by atoms with van der Waals surface area (Å²) in [6, 6.07) is 3.04. The Balaban J connectivity index is 2.05. The number of hydrogen-bond donors (Lipinski definition) is 1. The average molecular weight is 297 g/mol. The minimum atomic E-state index is -2.72. The summed E-state index contributed by atoms with van der Waals surface area (Å²) in [6.07, 6.45) is 1.04. The van der Waals surface area contributed by atoms with Crippen molar-refractivity contribution in [2.24, 2.45) is 5.92 Å². The van der Waals surface area contributed by atoms with Crippen LogP contribution < -0.4 is 5.32 Å². The maximum atomic E-state index is 13.4. The topological polar surface area (TPSA) is 62.3 Å². The molecule has 0 spiro atoms. The zero-order chi connectivity index (χ0) is 15.6. The number of carbonyl (C=O) groups is 2. The first-order chi connectivity index (χ1) is 9.79. The van der Waals surface area contributed by atoms with Crippen molar-refractivity contribution in [1.29, 1.82) is 0 Å². The third kappa shape index (κ3) is 3.53. The molecule has 2 amide bonds. The number of likely N-dealkylation sites (tertiary alicyclic amines) is 1. The van der Waals surface area contributed by atoms with Crippen molar-refractivity contribution in [3.63, 3.8) is 0 Å². The van der Waals surface area contributed by atoms with E-state index in [0.29, 0.717) is 5.69 Å². The van der Waals surface area contributed by atoms with Gasteiger partial charge in [0.05, 0.1) is 11.9 Å². The maximum absolute atomic E-state index is 13.4. The number of nitrogens with one attached hydrogen (secondary N) is 1. The molecular weight excluding hydrogens is 280 g/mol. The van der Waals surface area contributed by atoms with Gasteiger partial charge in [0, 0.05) is 32.4 Å². The van der Waals surface area contributed by atoms with Crippen LogP contribution in [0.25, 0.3) is 0 Å². The quantitative estimate of drug-likeness (QED) is 0.910. The minimum Gasteiger partial charge on any atom is -0.337 e. The molecule has 0 saturated carbocycles. The Labute approximate surface area is 121 Å². The Morgan fingerprint density at radius 1 is 1.43 bits per heavy atom. The highest BCUT2D eigenvalue weighted by Crippen LogP contribution is 2.33. The van der Waals surface area contributed by atoms with Crippen LogP contribution in [-0.4, -0.2) is 40.7 Å². The number of anilines is 1. The van der Waals surface area contributed by atoms with Gasteiger partial charge in [-0.1, -0.05) is 6.92 Å². The number of rotatable bonds is 2. The van der Waals surface area contributed by atoms with E-state index in [-0.39, 0.29) is 37.0 Å². The van der Waals surface area contributed by atoms with Crippen LogP contribution in [0.15, 0.2) is 18.3 Å². The molecule has 0 aromatic carbocycles. The Kier molecular flexibility index (Phi) is 4.20. The number of carbonyl (C=O) groups excluding carboxylic acids is 2. The van der Waals surface area contributed by atoms with Gasteiger partial charge in [0.2, 0.25) is 5.91 Å². The van der Waals surface area contributed by atoms with Crippen molar-refractivity contribution >= 4 is 17.5 Å². The van der Waals surface area contributed by atoms with E-state index in [9.17, 15) is 18.4 Å². The Bertz CT molecular complexity index is 546. The normalized spacial score (nSPS) is 21.0. The zero-order valence-corrected chi connectivity index (χ0v) is 11.9. The van der Waals surface area contributed by atoms with Crippen molar-refractivity contribution in [2.45, 2.75) is 26.2 Å². The molecule has 0 radical (unpaired) electrons. The molecule has 5 nitrogen and oxygen atoms in total. The highest BCUT2D eigenvalue weighted by atomic mass is 19.3. The summed E-state index contributed by atoms with van der Waals surface area (Å²) in [5.74, 6) is -4.19. The lowest BCUT2D eigenvalue weighted by molar-refractivity contribution is -0.114. The molecule has 1 unspecified atom stereocenters. The third-order valence-electron chi connectivity index (χ3n) is 3.52. The van der Waals surface area contributed by atoms with Gasteiger partial charge >= 0.3 is 0 Å². The third-order valence-corrected chi connectivity index (χ3v) is 3.52. The van der Waals surface area contributed by atoms with Crippen LogP contribution in [0.5, 0.6) is 0 Å². The van der Waals surface area contributed by atoms with Gasteiger partial charge in [-0.2, -0.15) is 0 Å². The second-order valence-electron chi connectivity index (χ2n) is 5.28. The van der Waals surface area contributed by atoms with Crippen LogP contribution in [-0.2, 0) is 4.79 Å². The number of amides is 2. The smallest absolute Gasteiger partial charge is 0.272 e. The average Bonchev–Trinajstić information content (AvgIpc) is 2.41. The summed E-state index contributed by atoms with van der Waals surface area (Å²) in [4.78, 5) is 28.5. The van der Waals surface area contributed by atoms with Gasteiger partial charge in [-0.25, -0.2) is 13.8 Å². The molecule has 1 aromatic rings. The van der Waals surface area contributed by atoms with Crippen LogP contribution in [0.3, 0.4) is 0 Å². The number of pyridine rings is 1. The molecule has 1 N–H and O–H groups in total. The summed E-state index contributed by atoms with van der Waals surface area (Å²) in [7, 11) is 0. The molecule has 2 heterocycles. The Morgan fingerprint density at radius 3 is 2.67 bits per heavy atom. The van der Waals surface area contributed by atoms with E-state index in [1.165, 1.54) is 31.0 Å². The fraction of sp³-hybridized carbons (Fsp3) is 0.500. The largest absolute Gasteiger partial charge is 0.337 e. The van der Waals surface area contributed by atoms with Gasteiger partial charge in [-0.15, -0.1) is 0 Å². The van der Waals surface area contributed by atoms with Crippen molar-refractivity contribution in [3.05, 3.63) is 24.0 Å². The second-order valence-corrected chi connectivity index (χ2v) is 5.28. The second kappa shape index (κ2) is 5.75. The summed E-state index contributed by atoms with van der Waals surface area (Å²) in [5, 5.41) is 2.54. The van der Waals surface area contributed by atoms with Gasteiger partial charge in [0.25, 0.3) is 11.8 Å². The van der Waals surface area contributed by atoms with Crippen molar-refractivity contribution < 1.29 is 18.4 Å². The van der Waals surface area contributed by atoms with Gasteiger partial charge in [0.1, 0.15) is 5.69 Å². The number of aromatic nitrogens is 1. The van der Waals surface area contributed by atoms with Crippen molar-refractivity contribution in [3.8, 4) is 0 Å². The molecule has 1 atom stereocenters. The summed E-state index contributed by atoms with van der Waals surface area (Å²) < 4.78 is 26.8. The van der Waals surface area contributed by atoms with Gasteiger partial charge in [-0.05, 0) is 12.1 Å². The number of alkyl halides is 2. The van der Waals surface area contributed by atoms with Crippen LogP contribution >= 0.6 is 0 Å². The molecule has 1 aromatic heterocycles. The standard InChI is InChI=1S/C14H17F2N3O2/c1-9-8-19(6-5-14(9,15)16)13(21)12-4-3-11(7-17-12)18-10(2)20/h3-4,7,9H,5-6,8H2,1-2H3,(H,18,20). The molecule has 21 heavy (non-hydrogen) atoms. The van der Waals surface area contributed by atoms with Gasteiger partial charge in [0.15, 0.2) is 0 Å². The van der Waals surface area contributed by atoms with E-state index in [1.54, 1.807) is 6.07 Å². The first-order valence-electron chi connectivity index (χ1n) is 6.70. The molecule has 1 aliphatic heterocycles. The van der Waals surface area contributed by atoms with Crippen molar-refractivity contribution in [1.82, 2.24) is 9.88 Å². The van der Waals surface area contributed by atoms with Crippen LogP contribution in [0, 0.1) is 5.92 Å². The summed E-state index contributed by atoms with van der Waals surface area (Å²) >= 11 is 0. The van der Waals surface area contributed by atoms with Gasteiger partial charge < -0.3 is 10.2 Å². The molecule has 114 valence electrons. The lowest BCUT2D eigenvalue weighted by atomic mass is 9.95. The SMILES string of the molecule is CC(=O)Nc1ccc(C(=O)N2CCC(F)(F)C(C)C2)nc1. The number of piperidine rings is 1. The highest BCUT2D eigenvalue weighted by molar-refractivity contribution is 5.93. The fourth-order valence-electron chi connectivity index (χ4n) is 2.23. The lowest BCUT2D eigenvalue weighted by Crippen LogP contribution is -2.48. The van der Waals surface area contributed by atoms with Gasteiger partial charge in [-0.3, -0.25) is 9.59 Å². The van der Waals surface area contributed by atoms with Crippen LogP contribution in [0.4, 0.5) is 14.5 Å². The Morgan fingerprint density at radius 2 is 2.14 bits per heavy atom. The molecule has 1 saturated heterocycles. The molecule has 1 fully saturated rings. The zero-order valence-electron chi connectivity index (χ0n) is 11.9. The van der Waals surface area contributed by atoms with Crippen LogP contribution in [0.2, 0.25) is 0 Å². The number of halogens is 2. The van der Waals surface area contributed by atoms with Crippen molar-refractivity contribution in [2.75, 3.05) is 18.4 Å². The van der Waals surface area contributed by atoms with E-state index < -0.39 is 11.8 Å². The summed E-state index contributed by atoms with van der Waals surface area (Å²) in [5.41, 5.74) is 0.666. The first kappa shape index (κ1) is 15.3. The number of nitrogens with zero attached hydrogens (tertiary/aromatic N) is 2.